The molecule has 2 rings (SSSR count). The van der Waals surface area contributed by atoms with Crippen molar-refractivity contribution in [2.24, 2.45) is 0 Å². The van der Waals surface area contributed by atoms with Crippen molar-refractivity contribution < 1.29 is 4.79 Å². The van der Waals surface area contributed by atoms with Gasteiger partial charge in [-0.1, -0.05) is 24.3 Å². The minimum Gasteiger partial charge on any atom is -0.376 e. The highest BCUT2D eigenvalue weighted by atomic mass is 16.1. The first-order valence-corrected chi connectivity index (χ1v) is 8.88. The van der Waals surface area contributed by atoms with E-state index in [-0.39, 0.29) is 5.91 Å². The molecule has 0 saturated carbocycles. The molecular weight excluding hydrogens is 312 g/mol. The Kier molecular flexibility index (Phi) is 7.70. The van der Waals surface area contributed by atoms with Crippen LogP contribution in [0.2, 0.25) is 0 Å². The summed E-state index contributed by atoms with van der Waals surface area (Å²) in [5, 5.41) is 6.25. The number of carbonyl (C=O) groups excluding carboxylic acids is 1. The van der Waals surface area contributed by atoms with E-state index in [1.807, 2.05) is 19.2 Å². The summed E-state index contributed by atoms with van der Waals surface area (Å²) < 4.78 is 0. The molecule has 0 saturated heterocycles. The predicted molar refractivity (Wildman–Crippen MR) is 105 cm³/mol. The van der Waals surface area contributed by atoms with Crippen LogP contribution in [0.15, 0.2) is 43.5 Å². The maximum atomic E-state index is 12.1. The van der Waals surface area contributed by atoms with Crippen molar-refractivity contribution in [3.05, 3.63) is 54.6 Å². The lowest BCUT2D eigenvalue weighted by molar-refractivity contribution is -0.119. The molecule has 1 aliphatic rings. The van der Waals surface area contributed by atoms with Crippen LogP contribution >= 0.6 is 0 Å². The van der Waals surface area contributed by atoms with Crippen LogP contribution in [-0.2, 0) is 17.8 Å². The van der Waals surface area contributed by atoms with E-state index in [1.165, 1.54) is 11.1 Å². The number of hydrogen-bond donors (Lipinski definition) is 2. The van der Waals surface area contributed by atoms with Gasteiger partial charge in [-0.15, -0.1) is 13.2 Å². The van der Waals surface area contributed by atoms with Crippen molar-refractivity contribution in [3.63, 3.8) is 0 Å². The summed E-state index contributed by atoms with van der Waals surface area (Å²) >= 11 is 0. The second-order valence-corrected chi connectivity index (χ2v) is 6.47. The average Bonchev–Trinajstić information content (AvgIpc) is 2.60. The molecule has 0 unspecified atom stereocenters. The molecule has 136 valence electrons. The molecule has 5 nitrogen and oxygen atoms in total. The molecule has 1 amide bonds. The molecule has 1 aromatic rings. The minimum atomic E-state index is 0.0170. The molecule has 1 aromatic carbocycles. The van der Waals surface area contributed by atoms with Gasteiger partial charge in [0.25, 0.3) is 0 Å². The third kappa shape index (κ3) is 6.03. The molecule has 0 aliphatic carbocycles. The van der Waals surface area contributed by atoms with Gasteiger partial charge in [-0.05, 0) is 30.7 Å². The summed E-state index contributed by atoms with van der Waals surface area (Å²) in [6, 6.07) is 6.30. The van der Waals surface area contributed by atoms with Gasteiger partial charge in [0.2, 0.25) is 5.91 Å². The minimum absolute atomic E-state index is 0.0170. The fourth-order valence-electron chi connectivity index (χ4n) is 3.08. The van der Waals surface area contributed by atoms with Gasteiger partial charge < -0.3 is 15.5 Å². The van der Waals surface area contributed by atoms with Crippen LogP contribution in [0.3, 0.4) is 0 Å². The summed E-state index contributed by atoms with van der Waals surface area (Å²) in [5.74, 6) is 0.0170. The van der Waals surface area contributed by atoms with Crippen molar-refractivity contribution in [1.82, 2.24) is 15.1 Å². The first-order valence-electron chi connectivity index (χ1n) is 8.88. The van der Waals surface area contributed by atoms with Crippen molar-refractivity contribution in [2.45, 2.75) is 13.0 Å². The lowest BCUT2D eigenvalue weighted by atomic mass is 9.98. The highest BCUT2D eigenvalue weighted by molar-refractivity contribution is 5.81. The maximum Gasteiger partial charge on any atom is 0.239 e. The van der Waals surface area contributed by atoms with Gasteiger partial charge >= 0.3 is 0 Å². The summed E-state index contributed by atoms with van der Waals surface area (Å²) in [6.07, 6.45) is 4.84. The van der Waals surface area contributed by atoms with E-state index in [9.17, 15) is 4.79 Å². The zero-order chi connectivity index (χ0) is 18.1. The van der Waals surface area contributed by atoms with Gasteiger partial charge in [-0.2, -0.15) is 0 Å². The zero-order valence-electron chi connectivity index (χ0n) is 15.3. The highest BCUT2D eigenvalue weighted by Crippen LogP contribution is 2.26. The molecule has 25 heavy (non-hydrogen) atoms. The van der Waals surface area contributed by atoms with Crippen LogP contribution in [0.25, 0.3) is 0 Å². The number of benzene rings is 1. The second kappa shape index (κ2) is 10.0. The average molecular weight is 342 g/mol. The molecule has 1 aliphatic heterocycles. The summed E-state index contributed by atoms with van der Waals surface area (Å²) in [7, 11) is 2.01. The molecular formula is C20H30N4O. The van der Waals surface area contributed by atoms with Gasteiger partial charge in [0, 0.05) is 45.0 Å². The number of rotatable bonds is 10. The van der Waals surface area contributed by atoms with Crippen LogP contribution in [0.4, 0.5) is 5.69 Å². The highest BCUT2D eigenvalue weighted by Gasteiger charge is 2.18. The number of likely N-dealkylation sites (N-methyl/N-ethyl adjacent to an activating group) is 1. The largest absolute Gasteiger partial charge is 0.376 e. The Morgan fingerprint density at radius 3 is 2.96 bits per heavy atom. The molecule has 1 heterocycles. The third-order valence-corrected chi connectivity index (χ3v) is 4.44. The van der Waals surface area contributed by atoms with Gasteiger partial charge in [0.1, 0.15) is 0 Å². The van der Waals surface area contributed by atoms with Crippen molar-refractivity contribution >= 4 is 11.6 Å². The molecule has 0 radical (unpaired) electrons. The number of nitrogens with one attached hydrogen (secondary N) is 2. The smallest absolute Gasteiger partial charge is 0.239 e. The van der Waals surface area contributed by atoms with Crippen molar-refractivity contribution in [2.75, 3.05) is 51.6 Å². The second-order valence-electron chi connectivity index (χ2n) is 6.47. The van der Waals surface area contributed by atoms with Crippen LogP contribution in [0, 0.1) is 0 Å². The Bertz CT molecular complexity index is 599. The number of carbonyl (C=O) groups is 1. The lowest BCUT2D eigenvalue weighted by Crippen LogP contribution is -2.36. The Hall–Kier alpha value is -2.11. The van der Waals surface area contributed by atoms with E-state index < -0.39 is 0 Å². The molecule has 0 spiro atoms. The number of amides is 1. The van der Waals surface area contributed by atoms with Crippen LogP contribution in [0.5, 0.6) is 0 Å². The van der Waals surface area contributed by atoms with Gasteiger partial charge in [-0.3, -0.25) is 9.69 Å². The molecule has 0 bridgehead atoms. The van der Waals surface area contributed by atoms with Gasteiger partial charge in [-0.25, -0.2) is 0 Å². The first-order chi connectivity index (χ1) is 12.1. The Morgan fingerprint density at radius 2 is 2.20 bits per heavy atom. The van der Waals surface area contributed by atoms with Crippen LogP contribution in [0.1, 0.15) is 11.1 Å². The normalized spacial score (nSPS) is 14.0. The maximum absolute atomic E-state index is 12.1. The van der Waals surface area contributed by atoms with Gasteiger partial charge in [0.05, 0.1) is 6.54 Å². The fourth-order valence-corrected chi connectivity index (χ4v) is 3.08. The van der Waals surface area contributed by atoms with Crippen LogP contribution in [-0.4, -0.2) is 62.0 Å². The number of anilines is 1. The number of nitrogens with zero attached hydrogens (tertiary/aromatic N) is 2. The molecule has 2 N–H and O–H groups in total. The Morgan fingerprint density at radius 1 is 1.36 bits per heavy atom. The van der Waals surface area contributed by atoms with Crippen LogP contribution < -0.4 is 10.6 Å². The van der Waals surface area contributed by atoms with Gasteiger partial charge in [0.15, 0.2) is 0 Å². The Balaban J connectivity index is 1.84. The first kappa shape index (κ1) is 19.2. The molecule has 5 heteroatoms. The van der Waals surface area contributed by atoms with E-state index in [2.05, 4.69) is 51.8 Å². The number of fused-ring (bicyclic) bond motifs is 1. The van der Waals surface area contributed by atoms with E-state index in [1.54, 1.807) is 0 Å². The quantitative estimate of drug-likeness (QED) is 0.638. The standard InChI is InChI=1S/C20H30N4O/c1-4-11-23(3)14-10-21-20(25)15-22-19-8-6-7-17-9-13-24(12-5-2)16-18(17)19/h4-8,22H,1-2,9-16H2,3H3,(H,21,25). The van der Waals surface area contributed by atoms with E-state index in [0.29, 0.717) is 13.1 Å². The SMILES string of the molecule is C=CCN(C)CCNC(=O)CNc1cccc2c1CN(CC=C)CC2. The molecule has 0 fully saturated rings. The van der Waals surface area contributed by atoms with E-state index in [4.69, 9.17) is 0 Å². The molecule has 0 aromatic heterocycles. The zero-order valence-corrected chi connectivity index (χ0v) is 15.3. The van der Waals surface area contributed by atoms with E-state index in [0.717, 1.165) is 44.8 Å². The summed E-state index contributed by atoms with van der Waals surface area (Å²) in [4.78, 5) is 16.5. The van der Waals surface area contributed by atoms with Crippen molar-refractivity contribution in [1.29, 1.82) is 0 Å². The third-order valence-electron chi connectivity index (χ3n) is 4.44. The predicted octanol–water partition coefficient (Wildman–Crippen LogP) is 1.88. The topological polar surface area (TPSA) is 47.6 Å². The lowest BCUT2D eigenvalue weighted by Gasteiger charge is -2.29. The van der Waals surface area contributed by atoms with Crippen molar-refractivity contribution in [3.8, 4) is 0 Å². The fraction of sp³-hybridized carbons (Fsp3) is 0.450. The van der Waals surface area contributed by atoms with E-state index >= 15 is 0 Å². The number of hydrogen-bond acceptors (Lipinski definition) is 4. The molecule has 0 atom stereocenters. The Labute approximate surface area is 151 Å². The summed E-state index contributed by atoms with van der Waals surface area (Å²) in [5.41, 5.74) is 3.73. The summed E-state index contributed by atoms with van der Waals surface area (Å²) in [6.45, 7) is 13.0. The monoisotopic (exact) mass is 342 g/mol.